The minimum Gasteiger partial charge on any atom is -0.305 e. The summed E-state index contributed by atoms with van der Waals surface area (Å²) in [5.41, 5.74) is 2.30. The van der Waals surface area contributed by atoms with E-state index in [0.717, 1.165) is 16.6 Å². The first-order valence-electron chi connectivity index (χ1n) is 4.42. The summed E-state index contributed by atoms with van der Waals surface area (Å²) in [7, 11) is 4.07. The molecule has 0 aliphatic rings. The van der Waals surface area contributed by atoms with Gasteiger partial charge in [0.2, 0.25) is 0 Å². The van der Waals surface area contributed by atoms with Crippen molar-refractivity contribution in [3.8, 4) is 6.07 Å². The number of hydrogen-bond acceptors (Lipinski definition) is 2. The molecule has 0 aromatic heterocycles. The zero-order valence-corrected chi connectivity index (χ0v) is 10.0. The molecule has 3 heteroatoms. The summed E-state index contributed by atoms with van der Waals surface area (Å²) < 4.78 is 1.08. The number of nitrogens with zero attached hydrogens (tertiary/aromatic N) is 2. The lowest BCUT2D eigenvalue weighted by Gasteiger charge is -2.11. The van der Waals surface area contributed by atoms with Crippen molar-refractivity contribution in [1.29, 1.82) is 5.26 Å². The van der Waals surface area contributed by atoms with Gasteiger partial charge in [-0.25, -0.2) is 0 Å². The second kappa shape index (κ2) is 5.14. The average Bonchev–Trinajstić information content (AvgIpc) is 2.10. The molecule has 0 saturated heterocycles. The molecule has 0 N–H and O–H groups in total. The lowest BCUT2D eigenvalue weighted by molar-refractivity contribution is 0.401. The van der Waals surface area contributed by atoms with Crippen LogP contribution in [0.1, 0.15) is 11.1 Å². The van der Waals surface area contributed by atoms with Gasteiger partial charge in [0.25, 0.3) is 0 Å². The van der Waals surface area contributed by atoms with Crippen molar-refractivity contribution in [2.24, 2.45) is 0 Å². The van der Waals surface area contributed by atoms with Crippen LogP contribution in [0.15, 0.2) is 22.7 Å². The molecule has 0 saturated carbocycles. The molecule has 0 bridgehead atoms. The van der Waals surface area contributed by atoms with Crippen LogP contribution < -0.4 is 0 Å². The predicted molar refractivity (Wildman–Crippen MR) is 60.9 cm³/mol. The topological polar surface area (TPSA) is 27.0 Å². The van der Waals surface area contributed by atoms with E-state index in [9.17, 15) is 0 Å². The number of halogens is 1. The van der Waals surface area contributed by atoms with Crippen molar-refractivity contribution in [2.75, 3.05) is 14.1 Å². The zero-order chi connectivity index (χ0) is 10.6. The van der Waals surface area contributed by atoms with Gasteiger partial charge in [-0.05, 0) is 31.3 Å². The van der Waals surface area contributed by atoms with Gasteiger partial charge < -0.3 is 4.90 Å². The van der Waals surface area contributed by atoms with E-state index in [1.165, 1.54) is 5.56 Å². The van der Waals surface area contributed by atoms with E-state index in [-0.39, 0.29) is 0 Å². The maximum atomic E-state index is 8.55. The van der Waals surface area contributed by atoms with Crippen molar-refractivity contribution >= 4 is 15.9 Å². The van der Waals surface area contributed by atoms with Gasteiger partial charge in [-0.3, -0.25) is 0 Å². The van der Waals surface area contributed by atoms with Gasteiger partial charge in [0.1, 0.15) is 0 Å². The Hall–Kier alpha value is -0.850. The molecule has 0 aliphatic heterocycles. The monoisotopic (exact) mass is 252 g/mol. The first kappa shape index (κ1) is 11.2. The van der Waals surface area contributed by atoms with Gasteiger partial charge in [-0.15, -0.1) is 0 Å². The Morgan fingerprint density at radius 2 is 2.14 bits per heavy atom. The first-order valence-corrected chi connectivity index (χ1v) is 5.21. The molecule has 0 unspecified atom stereocenters. The Balaban J connectivity index is 2.85. The second-order valence-corrected chi connectivity index (χ2v) is 4.35. The van der Waals surface area contributed by atoms with Crippen LogP contribution in [0.25, 0.3) is 0 Å². The largest absolute Gasteiger partial charge is 0.305 e. The third-order valence-electron chi connectivity index (χ3n) is 1.89. The second-order valence-electron chi connectivity index (χ2n) is 3.50. The number of benzene rings is 1. The quantitative estimate of drug-likeness (QED) is 0.827. The van der Waals surface area contributed by atoms with E-state index in [1.807, 2.05) is 26.2 Å². The fourth-order valence-corrected chi connectivity index (χ4v) is 1.81. The van der Waals surface area contributed by atoms with Crippen molar-refractivity contribution in [3.05, 3.63) is 33.8 Å². The average molecular weight is 253 g/mol. The van der Waals surface area contributed by atoms with Gasteiger partial charge >= 0.3 is 0 Å². The first-order chi connectivity index (χ1) is 6.63. The molecular weight excluding hydrogens is 240 g/mol. The van der Waals surface area contributed by atoms with E-state index < -0.39 is 0 Å². The summed E-state index contributed by atoms with van der Waals surface area (Å²) in [6.45, 7) is 0.910. The van der Waals surface area contributed by atoms with E-state index in [0.29, 0.717) is 6.42 Å². The maximum absolute atomic E-state index is 8.55. The summed E-state index contributed by atoms with van der Waals surface area (Å²) in [4.78, 5) is 2.12. The Labute approximate surface area is 93.3 Å². The smallest absolute Gasteiger partial charge is 0.0669 e. The van der Waals surface area contributed by atoms with Crippen LogP contribution in [-0.2, 0) is 13.0 Å². The summed E-state index contributed by atoms with van der Waals surface area (Å²) in [5, 5.41) is 8.55. The zero-order valence-electron chi connectivity index (χ0n) is 8.42. The van der Waals surface area contributed by atoms with Gasteiger partial charge in [0.15, 0.2) is 0 Å². The number of nitriles is 1. The Bertz CT molecular complexity index is 353. The molecule has 0 atom stereocenters. The van der Waals surface area contributed by atoms with E-state index in [4.69, 9.17) is 5.26 Å². The van der Waals surface area contributed by atoms with Crippen molar-refractivity contribution in [2.45, 2.75) is 13.0 Å². The van der Waals surface area contributed by atoms with Crippen LogP contribution >= 0.6 is 15.9 Å². The molecule has 2 nitrogen and oxygen atoms in total. The number of hydrogen-bond donors (Lipinski definition) is 0. The summed E-state index contributed by atoms with van der Waals surface area (Å²) in [5.74, 6) is 0. The molecule has 1 aromatic carbocycles. The van der Waals surface area contributed by atoms with Crippen molar-refractivity contribution in [3.63, 3.8) is 0 Å². The third-order valence-corrected chi connectivity index (χ3v) is 2.63. The lowest BCUT2D eigenvalue weighted by Crippen LogP contribution is -2.11. The summed E-state index contributed by atoms with van der Waals surface area (Å²) in [6, 6.07) is 8.23. The van der Waals surface area contributed by atoms with Crippen LogP contribution in [-0.4, -0.2) is 19.0 Å². The fraction of sp³-hybridized carbons (Fsp3) is 0.364. The molecule has 0 heterocycles. The molecule has 1 aromatic rings. The van der Waals surface area contributed by atoms with Crippen LogP contribution in [0.2, 0.25) is 0 Å². The van der Waals surface area contributed by atoms with Gasteiger partial charge in [-0.1, -0.05) is 28.1 Å². The Morgan fingerprint density at radius 1 is 1.43 bits per heavy atom. The molecule has 14 heavy (non-hydrogen) atoms. The molecule has 1 rings (SSSR count). The molecule has 0 radical (unpaired) electrons. The predicted octanol–water partition coefficient (Wildman–Crippen LogP) is 2.58. The van der Waals surface area contributed by atoms with Crippen molar-refractivity contribution < 1.29 is 0 Å². The van der Waals surface area contributed by atoms with Crippen LogP contribution in [0.5, 0.6) is 0 Å². The number of rotatable bonds is 3. The summed E-state index contributed by atoms with van der Waals surface area (Å²) >= 11 is 3.51. The van der Waals surface area contributed by atoms with E-state index in [1.54, 1.807) is 0 Å². The Kier molecular flexibility index (Phi) is 4.12. The molecule has 0 spiro atoms. The molecule has 0 aliphatic carbocycles. The highest BCUT2D eigenvalue weighted by Crippen LogP contribution is 2.19. The van der Waals surface area contributed by atoms with Crippen LogP contribution in [0, 0.1) is 11.3 Å². The third kappa shape index (κ3) is 3.13. The minimum atomic E-state index is 0.473. The minimum absolute atomic E-state index is 0.473. The van der Waals surface area contributed by atoms with E-state index in [2.05, 4.69) is 33.0 Å². The standard InChI is InChI=1S/C11H13BrN2/c1-14(2)8-10-4-3-9(5-6-13)7-11(10)12/h3-4,7H,5,8H2,1-2H3. The molecule has 0 amide bonds. The van der Waals surface area contributed by atoms with Gasteiger partial charge in [0, 0.05) is 11.0 Å². The molecule has 74 valence electrons. The van der Waals surface area contributed by atoms with E-state index >= 15 is 0 Å². The normalized spacial score (nSPS) is 10.2. The SMILES string of the molecule is CN(C)Cc1ccc(CC#N)cc1Br. The highest BCUT2D eigenvalue weighted by molar-refractivity contribution is 9.10. The lowest BCUT2D eigenvalue weighted by atomic mass is 10.1. The summed E-state index contributed by atoms with van der Waals surface area (Å²) in [6.07, 6.45) is 0.473. The molecule has 0 fully saturated rings. The molecular formula is C11H13BrN2. The van der Waals surface area contributed by atoms with Gasteiger partial charge in [-0.2, -0.15) is 5.26 Å². The Morgan fingerprint density at radius 3 is 2.64 bits per heavy atom. The van der Waals surface area contributed by atoms with Gasteiger partial charge in [0.05, 0.1) is 12.5 Å². The van der Waals surface area contributed by atoms with Crippen LogP contribution in [0.3, 0.4) is 0 Å². The van der Waals surface area contributed by atoms with Crippen molar-refractivity contribution in [1.82, 2.24) is 4.90 Å². The maximum Gasteiger partial charge on any atom is 0.0669 e. The highest BCUT2D eigenvalue weighted by Gasteiger charge is 2.02. The van der Waals surface area contributed by atoms with Crippen LogP contribution in [0.4, 0.5) is 0 Å². The fourth-order valence-electron chi connectivity index (χ4n) is 1.26. The highest BCUT2D eigenvalue weighted by atomic mass is 79.9.